The molecule has 1 unspecified atom stereocenters. The van der Waals surface area contributed by atoms with Crippen molar-refractivity contribution in [2.75, 3.05) is 0 Å². The van der Waals surface area contributed by atoms with Gasteiger partial charge in [-0.1, -0.05) is 6.92 Å². The average molecular weight is 246 g/mol. The highest BCUT2D eigenvalue weighted by molar-refractivity contribution is 7.89. The number of hydrogen-bond acceptors (Lipinski definition) is 3. The minimum atomic E-state index is -3.63. The number of carboxylic acid groups (broad SMARTS) is 1. The molecule has 0 bridgehead atoms. The van der Waals surface area contributed by atoms with Gasteiger partial charge in [0, 0.05) is 12.2 Å². The Labute approximate surface area is 93.7 Å². The van der Waals surface area contributed by atoms with Gasteiger partial charge in [-0.2, -0.15) is 0 Å². The Morgan fingerprint density at radius 2 is 2.25 bits per heavy atom. The van der Waals surface area contributed by atoms with Crippen molar-refractivity contribution in [3.63, 3.8) is 0 Å². The molecule has 0 aliphatic carbocycles. The normalized spacial score (nSPS) is 13.6. The number of aromatic amines is 1. The van der Waals surface area contributed by atoms with E-state index in [1.54, 1.807) is 6.92 Å². The molecule has 0 aliphatic heterocycles. The second-order valence-corrected chi connectivity index (χ2v) is 5.20. The van der Waals surface area contributed by atoms with Gasteiger partial charge in [0.15, 0.2) is 0 Å². The SMILES string of the molecule is CCC(C)NS(=O)(=O)c1c[nH]c(C(=O)O)c1. The molecule has 16 heavy (non-hydrogen) atoms. The molecule has 7 heteroatoms. The van der Waals surface area contributed by atoms with Crippen LogP contribution in [0.5, 0.6) is 0 Å². The standard InChI is InChI=1S/C9H14N2O4S/c1-3-6(2)11-16(14,15)7-4-8(9(12)13)10-5-7/h4-6,10-11H,3H2,1-2H3,(H,12,13). The Bertz CT molecular complexity index is 477. The van der Waals surface area contributed by atoms with Gasteiger partial charge < -0.3 is 10.1 Å². The van der Waals surface area contributed by atoms with E-state index in [-0.39, 0.29) is 16.6 Å². The third-order valence-electron chi connectivity index (χ3n) is 2.17. The van der Waals surface area contributed by atoms with Crippen molar-refractivity contribution in [2.24, 2.45) is 0 Å². The fourth-order valence-electron chi connectivity index (χ4n) is 1.07. The lowest BCUT2D eigenvalue weighted by Crippen LogP contribution is -2.31. The summed E-state index contributed by atoms with van der Waals surface area (Å²) in [7, 11) is -3.63. The molecule has 0 radical (unpaired) electrons. The maximum Gasteiger partial charge on any atom is 0.352 e. The van der Waals surface area contributed by atoms with E-state index in [0.29, 0.717) is 6.42 Å². The third-order valence-corrected chi connectivity index (χ3v) is 3.73. The molecule has 0 aliphatic rings. The van der Waals surface area contributed by atoms with Crippen LogP contribution < -0.4 is 4.72 Å². The van der Waals surface area contributed by atoms with Crippen molar-refractivity contribution in [2.45, 2.75) is 31.2 Å². The van der Waals surface area contributed by atoms with E-state index in [9.17, 15) is 13.2 Å². The Kier molecular flexibility index (Phi) is 3.71. The molecule has 3 N–H and O–H groups in total. The van der Waals surface area contributed by atoms with E-state index in [2.05, 4.69) is 9.71 Å². The van der Waals surface area contributed by atoms with E-state index in [1.807, 2.05) is 6.92 Å². The van der Waals surface area contributed by atoms with Gasteiger partial charge in [0.05, 0.1) is 0 Å². The van der Waals surface area contributed by atoms with Crippen molar-refractivity contribution in [1.82, 2.24) is 9.71 Å². The third kappa shape index (κ3) is 2.83. The first-order valence-electron chi connectivity index (χ1n) is 4.81. The van der Waals surface area contributed by atoms with E-state index in [0.717, 1.165) is 12.3 Å². The average Bonchev–Trinajstić information content (AvgIpc) is 2.66. The Morgan fingerprint density at radius 3 is 2.69 bits per heavy atom. The van der Waals surface area contributed by atoms with Gasteiger partial charge >= 0.3 is 5.97 Å². The number of sulfonamides is 1. The molecule has 0 aromatic carbocycles. The lowest BCUT2D eigenvalue weighted by Gasteiger charge is -2.10. The number of rotatable bonds is 5. The molecule has 0 spiro atoms. The van der Waals surface area contributed by atoms with Crippen molar-refractivity contribution >= 4 is 16.0 Å². The highest BCUT2D eigenvalue weighted by Crippen LogP contribution is 2.11. The summed E-state index contributed by atoms with van der Waals surface area (Å²) in [4.78, 5) is 12.9. The minimum absolute atomic E-state index is 0.0646. The van der Waals surface area contributed by atoms with Crippen LogP contribution in [0.2, 0.25) is 0 Å². The van der Waals surface area contributed by atoms with Gasteiger partial charge in [0.2, 0.25) is 10.0 Å². The summed E-state index contributed by atoms with van der Waals surface area (Å²) >= 11 is 0. The maximum atomic E-state index is 11.7. The molecule has 6 nitrogen and oxygen atoms in total. The van der Waals surface area contributed by atoms with Crippen LogP contribution in [0, 0.1) is 0 Å². The predicted octanol–water partition coefficient (Wildman–Crippen LogP) is 0.790. The molecule has 1 aromatic rings. The number of aromatic carboxylic acids is 1. The number of aromatic nitrogens is 1. The van der Waals surface area contributed by atoms with Crippen LogP contribution in [0.3, 0.4) is 0 Å². The van der Waals surface area contributed by atoms with Crippen molar-refractivity contribution in [3.8, 4) is 0 Å². The highest BCUT2D eigenvalue weighted by Gasteiger charge is 2.19. The topological polar surface area (TPSA) is 99.3 Å². The van der Waals surface area contributed by atoms with Crippen LogP contribution in [0.15, 0.2) is 17.2 Å². The lowest BCUT2D eigenvalue weighted by molar-refractivity contribution is 0.0691. The largest absolute Gasteiger partial charge is 0.477 e. The summed E-state index contributed by atoms with van der Waals surface area (Å²) in [6.45, 7) is 3.59. The number of carboxylic acids is 1. The van der Waals surface area contributed by atoms with Crippen molar-refractivity contribution < 1.29 is 18.3 Å². The first-order chi connectivity index (χ1) is 7.36. The summed E-state index contributed by atoms with van der Waals surface area (Å²) in [5, 5.41) is 8.65. The van der Waals surface area contributed by atoms with Gasteiger partial charge in [-0.25, -0.2) is 17.9 Å². The van der Waals surface area contributed by atoms with Gasteiger partial charge in [0.1, 0.15) is 10.6 Å². The molecule has 0 saturated heterocycles. The van der Waals surface area contributed by atoms with E-state index < -0.39 is 16.0 Å². The summed E-state index contributed by atoms with van der Waals surface area (Å²) in [6, 6.07) is 0.903. The number of H-pyrrole nitrogens is 1. The Hall–Kier alpha value is -1.34. The zero-order chi connectivity index (χ0) is 12.3. The van der Waals surface area contributed by atoms with Crippen LogP contribution in [0.1, 0.15) is 30.8 Å². The molecule has 0 fully saturated rings. The first kappa shape index (κ1) is 12.7. The fraction of sp³-hybridized carbons (Fsp3) is 0.444. The second kappa shape index (κ2) is 4.67. The van der Waals surface area contributed by atoms with Gasteiger partial charge in [-0.05, 0) is 19.4 Å². The zero-order valence-corrected chi connectivity index (χ0v) is 9.84. The number of carbonyl (C=O) groups is 1. The van der Waals surface area contributed by atoms with Crippen LogP contribution in [0.4, 0.5) is 0 Å². The van der Waals surface area contributed by atoms with Gasteiger partial charge in [-0.15, -0.1) is 0 Å². The van der Waals surface area contributed by atoms with Gasteiger partial charge in [0.25, 0.3) is 0 Å². The van der Waals surface area contributed by atoms with Crippen LogP contribution in [0.25, 0.3) is 0 Å². The predicted molar refractivity (Wildman–Crippen MR) is 57.8 cm³/mol. The molecule has 0 amide bonds. The lowest BCUT2D eigenvalue weighted by atomic mass is 10.3. The summed E-state index contributed by atoms with van der Waals surface area (Å²) in [5.41, 5.74) is -0.149. The molecule has 1 heterocycles. The number of hydrogen-bond donors (Lipinski definition) is 3. The molecule has 90 valence electrons. The summed E-state index contributed by atoms with van der Waals surface area (Å²) in [5.74, 6) is -1.19. The van der Waals surface area contributed by atoms with Crippen LogP contribution in [-0.2, 0) is 10.0 Å². The molecule has 1 aromatic heterocycles. The van der Waals surface area contributed by atoms with Crippen molar-refractivity contribution in [1.29, 1.82) is 0 Å². The molecule has 1 atom stereocenters. The fourth-order valence-corrected chi connectivity index (χ4v) is 2.39. The highest BCUT2D eigenvalue weighted by atomic mass is 32.2. The zero-order valence-electron chi connectivity index (χ0n) is 9.02. The Balaban J connectivity index is 2.94. The minimum Gasteiger partial charge on any atom is -0.477 e. The quantitative estimate of drug-likeness (QED) is 0.715. The molecule has 1 rings (SSSR count). The van der Waals surface area contributed by atoms with Gasteiger partial charge in [-0.3, -0.25) is 0 Å². The molecule has 0 saturated carbocycles. The monoisotopic (exact) mass is 246 g/mol. The maximum absolute atomic E-state index is 11.7. The van der Waals surface area contributed by atoms with Crippen molar-refractivity contribution in [3.05, 3.63) is 18.0 Å². The smallest absolute Gasteiger partial charge is 0.352 e. The van der Waals surface area contributed by atoms with E-state index in [4.69, 9.17) is 5.11 Å². The van der Waals surface area contributed by atoms with Crippen LogP contribution >= 0.6 is 0 Å². The summed E-state index contributed by atoms with van der Waals surface area (Å²) < 4.78 is 25.9. The first-order valence-corrected chi connectivity index (χ1v) is 6.29. The van der Waals surface area contributed by atoms with Crippen LogP contribution in [-0.4, -0.2) is 30.5 Å². The van der Waals surface area contributed by atoms with E-state index >= 15 is 0 Å². The molecular formula is C9H14N2O4S. The summed E-state index contributed by atoms with van der Waals surface area (Å²) in [6.07, 6.45) is 1.82. The second-order valence-electron chi connectivity index (χ2n) is 3.48. The molecular weight excluding hydrogens is 232 g/mol. The number of nitrogens with one attached hydrogen (secondary N) is 2. The van der Waals surface area contributed by atoms with E-state index in [1.165, 1.54) is 0 Å². The Morgan fingerprint density at radius 1 is 1.62 bits per heavy atom.